The molecular formula is C18H26N4O. The first kappa shape index (κ1) is 16.0. The topological polar surface area (TPSA) is 33.5 Å². The standard InChI is InChI=1S/C18H26N4O/c1-16-14-18(22(19-16)15-17-6-4-3-5-7-17)23-13-12-21-10-8-20(2)9-11-21/h3-7,14H,8-13,15H2,1-2H3. The normalized spacial score (nSPS) is 16.6. The van der Waals surface area contributed by atoms with E-state index in [4.69, 9.17) is 4.74 Å². The molecule has 0 atom stereocenters. The molecule has 0 N–H and O–H groups in total. The molecule has 1 aliphatic heterocycles. The summed E-state index contributed by atoms with van der Waals surface area (Å²) in [6.07, 6.45) is 0. The Morgan fingerprint density at radius 2 is 1.83 bits per heavy atom. The van der Waals surface area contributed by atoms with Crippen molar-refractivity contribution in [3.63, 3.8) is 0 Å². The van der Waals surface area contributed by atoms with Gasteiger partial charge in [-0.05, 0) is 19.5 Å². The Labute approximate surface area is 138 Å². The van der Waals surface area contributed by atoms with Crippen LogP contribution in [-0.2, 0) is 6.54 Å². The molecule has 2 heterocycles. The van der Waals surface area contributed by atoms with Gasteiger partial charge in [-0.2, -0.15) is 5.10 Å². The zero-order chi connectivity index (χ0) is 16.1. The predicted molar refractivity (Wildman–Crippen MR) is 91.9 cm³/mol. The highest BCUT2D eigenvalue weighted by Gasteiger charge is 2.14. The fourth-order valence-electron chi connectivity index (χ4n) is 2.86. The smallest absolute Gasteiger partial charge is 0.212 e. The Morgan fingerprint density at radius 3 is 2.57 bits per heavy atom. The van der Waals surface area contributed by atoms with Gasteiger partial charge in [0.15, 0.2) is 0 Å². The summed E-state index contributed by atoms with van der Waals surface area (Å²) >= 11 is 0. The molecule has 1 aliphatic rings. The second-order valence-electron chi connectivity index (χ2n) is 6.26. The van der Waals surface area contributed by atoms with E-state index < -0.39 is 0 Å². The van der Waals surface area contributed by atoms with E-state index in [0.717, 1.165) is 50.8 Å². The third-order valence-corrected chi connectivity index (χ3v) is 4.29. The molecule has 23 heavy (non-hydrogen) atoms. The third kappa shape index (κ3) is 4.56. The van der Waals surface area contributed by atoms with E-state index in [1.54, 1.807) is 0 Å². The minimum atomic E-state index is 0.712. The first-order valence-corrected chi connectivity index (χ1v) is 8.33. The number of ether oxygens (including phenoxy) is 1. The average Bonchev–Trinajstić information content (AvgIpc) is 2.90. The van der Waals surface area contributed by atoms with Crippen LogP contribution in [0.15, 0.2) is 36.4 Å². The van der Waals surface area contributed by atoms with Crippen LogP contribution in [0.1, 0.15) is 11.3 Å². The molecule has 5 nitrogen and oxygen atoms in total. The predicted octanol–water partition coefficient (Wildman–Crippen LogP) is 1.87. The monoisotopic (exact) mass is 314 g/mol. The van der Waals surface area contributed by atoms with Gasteiger partial charge in [0.25, 0.3) is 0 Å². The number of likely N-dealkylation sites (N-methyl/N-ethyl adjacent to an activating group) is 1. The third-order valence-electron chi connectivity index (χ3n) is 4.29. The van der Waals surface area contributed by atoms with Gasteiger partial charge in [-0.25, -0.2) is 4.68 Å². The highest BCUT2D eigenvalue weighted by atomic mass is 16.5. The molecule has 0 unspecified atom stereocenters. The second kappa shape index (κ2) is 7.62. The molecule has 0 bridgehead atoms. The molecule has 1 saturated heterocycles. The first-order valence-electron chi connectivity index (χ1n) is 8.33. The van der Waals surface area contributed by atoms with Crippen molar-refractivity contribution >= 4 is 0 Å². The van der Waals surface area contributed by atoms with Gasteiger partial charge in [0, 0.05) is 38.8 Å². The van der Waals surface area contributed by atoms with Gasteiger partial charge in [0.2, 0.25) is 5.88 Å². The number of aryl methyl sites for hydroxylation is 1. The summed E-state index contributed by atoms with van der Waals surface area (Å²) in [6.45, 7) is 8.99. The van der Waals surface area contributed by atoms with E-state index in [9.17, 15) is 0 Å². The van der Waals surface area contributed by atoms with Gasteiger partial charge in [0.1, 0.15) is 6.61 Å². The number of hydrogen-bond acceptors (Lipinski definition) is 4. The number of benzene rings is 1. The molecule has 0 amide bonds. The lowest BCUT2D eigenvalue weighted by molar-refractivity contribution is 0.131. The lowest BCUT2D eigenvalue weighted by atomic mass is 10.2. The lowest BCUT2D eigenvalue weighted by Crippen LogP contribution is -2.45. The van der Waals surface area contributed by atoms with Crippen LogP contribution in [0.2, 0.25) is 0 Å². The molecule has 0 saturated carbocycles. The van der Waals surface area contributed by atoms with Crippen molar-refractivity contribution < 1.29 is 4.74 Å². The first-order chi connectivity index (χ1) is 11.2. The summed E-state index contributed by atoms with van der Waals surface area (Å²) < 4.78 is 7.96. The van der Waals surface area contributed by atoms with Crippen molar-refractivity contribution in [2.45, 2.75) is 13.5 Å². The number of piperazine rings is 1. The summed E-state index contributed by atoms with van der Waals surface area (Å²) in [6, 6.07) is 12.4. The van der Waals surface area contributed by atoms with Crippen LogP contribution in [0.25, 0.3) is 0 Å². The van der Waals surface area contributed by atoms with Crippen LogP contribution in [0.3, 0.4) is 0 Å². The van der Waals surface area contributed by atoms with Gasteiger partial charge >= 0.3 is 0 Å². The van der Waals surface area contributed by atoms with Crippen molar-refractivity contribution in [2.24, 2.45) is 0 Å². The van der Waals surface area contributed by atoms with E-state index >= 15 is 0 Å². The van der Waals surface area contributed by atoms with Crippen LogP contribution in [0, 0.1) is 6.92 Å². The summed E-state index contributed by atoms with van der Waals surface area (Å²) in [5.74, 6) is 0.862. The maximum atomic E-state index is 6.00. The Balaban J connectivity index is 1.53. The summed E-state index contributed by atoms with van der Waals surface area (Å²) in [5.41, 5.74) is 2.23. The average molecular weight is 314 g/mol. The fraction of sp³-hybridized carbons (Fsp3) is 0.500. The molecule has 2 aromatic rings. The van der Waals surface area contributed by atoms with Gasteiger partial charge in [0.05, 0.1) is 12.2 Å². The summed E-state index contributed by atoms with van der Waals surface area (Å²) in [5, 5.41) is 4.55. The molecule has 0 spiro atoms. The maximum absolute atomic E-state index is 6.00. The quantitative estimate of drug-likeness (QED) is 0.815. The molecule has 1 aromatic heterocycles. The largest absolute Gasteiger partial charge is 0.476 e. The van der Waals surface area contributed by atoms with Crippen molar-refractivity contribution in [1.82, 2.24) is 19.6 Å². The highest BCUT2D eigenvalue weighted by molar-refractivity contribution is 5.20. The van der Waals surface area contributed by atoms with Crippen molar-refractivity contribution in [2.75, 3.05) is 46.4 Å². The summed E-state index contributed by atoms with van der Waals surface area (Å²) in [7, 11) is 2.18. The molecular weight excluding hydrogens is 288 g/mol. The Kier molecular flexibility index (Phi) is 5.31. The van der Waals surface area contributed by atoms with Crippen molar-refractivity contribution in [1.29, 1.82) is 0 Å². The lowest BCUT2D eigenvalue weighted by Gasteiger charge is -2.32. The van der Waals surface area contributed by atoms with Gasteiger partial charge < -0.3 is 9.64 Å². The van der Waals surface area contributed by atoms with E-state index in [1.165, 1.54) is 5.56 Å². The maximum Gasteiger partial charge on any atom is 0.212 e. The SMILES string of the molecule is Cc1cc(OCCN2CCN(C)CC2)n(Cc2ccccc2)n1. The van der Waals surface area contributed by atoms with Crippen LogP contribution in [-0.4, -0.2) is 66.0 Å². The van der Waals surface area contributed by atoms with Crippen LogP contribution in [0.4, 0.5) is 0 Å². The molecule has 0 radical (unpaired) electrons. The zero-order valence-corrected chi connectivity index (χ0v) is 14.1. The zero-order valence-electron chi connectivity index (χ0n) is 14.1. The molecule has 124 valence electrons. The van der Waals surface area contributed by atoms with Crippen molar-refractivity contribution in [3.8, 4) is 5.88 Å². The number of rotatable bonds is 6. The minimum Gasteiger partial charge on any atom is -0.476 e. The molecule has 1 aromatic carbocycles. The van der Waals surface area contributed by atoms with E-state index in [-0.39, 0.29) is 0 Å². The van der Waals surface area contributed by atoms with Crippen LogP contribution < -0.4 is 4.74 Å². The van der Waals surface area contributed by atoms with Crippen LogP contribution in [0.5, 0.6) is 5.88 Å². The fourth-order valence-corrected chi connectivity index (χ4v) is 2.86. The van der Waals surface area contributed by atoms with Crippen LogP contribution >= 0.6 is 0 Å². The van der Waals surface area contributed by atoms with E-state index in [0.29, 0.717) is 6.61 Å². The van der Waals surface area contributed by atoms with Crippen molar-refractivity contribution in [3.05, 3.63) is 47.7 Å². The second-order valence-corrected chi connectivity index (χ2v) is 6.26. The van der Waals surface area contributed by atoms with Gasteiger partial charge in [-0.3, -0.25) is 4.90 Å². The van der Waals surface area contributed by atoms with E-state index in [2.05, 4.69) is 46.2 Å². The molecule has 0 aliphatic carbocycles. The summed E-state index contributed by atoms with van der Waals surface area (Å²) in [4.78, 5) is 4.83. The Hall–Kier alpha value is -1.85. The number of nitrogens with zero attached hydrogens (tertiary/aromatic N) is 4. The molecule has 1 fully saturated rings. The molecule has 3 rings (SSSR count). The van der Waals surface area contributed by atoms with Gasteiger partial charge in [-0.1, -0.05) is 30.3 Å². The number of hydrogen-bond donors (Lipinski definition) is 0. The highest BCUT2D eigenvalue weighted by Crippen LogP contribution is 2.15. The Morgan fingerprint density at radius 1 is 1.09 bits per heavy atom. The number of aromatic nitrogens is 2. The van der Waals surface area contributed by atoms with Gasteiger partial charge in [-0.15, -0.1) is 0 Å². The Bertz CT molecular complexity index is 603. The minimum absolute atomic E-state index is 0.712. The molecule has 5 heteroatoms. The van der Waals surface area contributed by atoms with E-state index in [1.807, 2.05) is 23.7 Å².